The molecule has 0 spiro atoms. The van der Waals surface area contributed by atoms with Crippen molar-refractivity contribution in [1.29, 1.82) is 0 Å². The minimum Gasteiger partial charge on any atom is -0.496 e. The van der Waals surface area contributed by atoms with Crippen LogP contribution in [0.25, 0.3) is 11.4 Å². The van der Waals surface area contributed by atoms with Gasteiger partial charge in [-0.05, 0) is 36.5 Å². The number of benzene rings is 1. The van der Waals surface area contributed by atoms with Crippen molar-refractivity contribution in [3.8, 4) is 17.1 Å². The summed E-state index contributed by atoms with van der Waals surface area (Å²) in [5.41, 5.74) is 0.735. The molecule has 0 saturated heterocycles. The molecule has 3 atom stereocenters. The number of nitrogens with zero attached hydrogens (tertiary/aromatic N) is 2. The van der Waals surface area contributed by atoms with Crippen molar-refractivity contribution in [2.75, 3.05) is 12.9 Å². The number of carbonyl (C=O) groups excluding carboxylic acids is 1. The summed E-state index contributed by atoms with van der Waals surface area (Å²) in [7, 11) is 1.59. The molecule has 1 heterocycles. The predicted octanol–water partition coefficient (Wildman–Crippen LogP) is 4.17. The Hall–Kier alpha value is -1.73. The SMILES string of the molecule is COc1ccc(Cl)cc1-c1nc(SCC(=O)N[C@@H]2CCC[C@H](C)[C@@H]2C)n[nH]1. The molecule has 1 aromatic heterocycles. The normalized spacial score (nSPS) is 22.4. The number of carbonyl (C=O) groups is 1. The maximum absolute atomic E-state index is 12.3. The van der Waals surface area contributed by atoms with Gasteiger partial charge in [0.05, 0.1) is 18.4 Å². The maximum Gasteiger partial charge on any atom is 0.230 e. The number of aromatic nitrogens is 3. The summed E-state index contributed by atoms with van der Waals surface area (Å²) in [6.07, 6.45) is 3.48. The van der Waals surface area contributed by atoms with Crippen molar-refractivity contribution in [2.45, 2.75) is 44.3 Å². The fraction of sp³-hybridized carbons (Fsp3) is 0.526. The third-order valence-electron chi connectivity index (χ3n) is 5.27. The molecule has 0 unspecified atom stereocenters. The van der Waals surface area contributed by atoms with E-state index in [4.69, 9.17) is 16.3 Å². The highest BCUT2D eigenvalue weighted by molar-refractivity contribution is 7.99. The average molecular weight is 409 g/mol. The largest absolute Gasteiger partial charge is 0.496 e. The summed E-state index contributed by atoms with van der Waals surface area (Å²) in [6, 6.07) is 5.58. The van der Waals surface area contributed by atoms with E-state index >= 15 is 0 Å². The molecule has 8 heteroatoms. The third kappa shape index (κ3) is 4.96. The van der Waals surface area contributed by atoms with Gasteiger partial charge in [0.25, 0.3) is 0 Å². The molecule has 1 aliphatic rings. The smallest absolute Gasteiger partial charge is 0.230 e. The second kappa shape index (κ2) is 8.97. The molecule has 1 aliphatic carbocycles. The molecule has 0 bridgehead atoms. The highest BCUT2D eigenvalue weighted by Crippen LogP contribution is 2.31. The molecule has 146 valence electrons. The summed E-state index contributed by atoms with van der Waals surface area (Å²) in [6.45, 7) is 4.48. The quantitative estimate of drug-likeness (QED) is 0.701. The van der Waals surface area contributed by atoms with Crippen molar-refractivity contribution in [2.24, 2.45) is 11.8 Å². The average Bonchev–Trinajstić information content (AvgIpc) is 3.13. The minimum atomic E-state index is 0.0256. The van der Waals surface area contributed by atoms with Crippen LogP contribution in [0.3, 0.4) is 0 Å². The Morgan fingerprint density at radius 3 is 3.00 bits per heavy atom. The Labute approximate surface area is 168 Å². The molecule has 2 N–H and O–H groups in total. The number of amides is 1. The van der Waals surface area contributed by atoms with Gasteiger partial charge in [0.15, 0.2) is 5.82 Å². The number of hydrogen-bond donors (Lipinski definition) is 2. The van der Waals surface area contributed by atoms with E-state index < -0.39 is 0 Å². The van der Waals surface area contributed by atoms with E-state index in [1.807, 2.05) is 0 Å². The van der Waals surface area contributed by atoms with Crippen molar-refractivity contribution in [3.05, 3.63) is 23.2 Å². The molecular formula is C19H25ClN4O2S. The lowest BCUT2D eigenvalue weighted by Gasteiger charge is -2.34. The van der Waals surface area contributed by atoms with E-state index in [0.717, 1.165) is 12.0 Å². The first kappa shape index (κ1) is 20.0. The van der Waals surface area contributed by atoms with Gasteiger partial charge >= 0.3 is 0 Å². The van der Waals surface area contributed by atoms with Crippen molar-refractivity contribution < 1.29 is 9.53 Å². The van der Waals surface area contributed by atoms with Crippen LogP contribution in [0.1, 0.15) is 33.1 Å². The first-order valence-electron chi connectivity index (χ1n) is 9.16. The van der Waals surface area contributed by atoms with Crippen LogP contribution < -0.4 is 10.1 Å². The molecule has 1 amide bonds. The third-order valence-corrected chi connectivity index (χ3v) is 6.35. The van der Waals surface area contributed by atoms with Gasteiger partial charge in [0, 0.05) is 11.1 Å². The van der Waals surface area contributed by atoms with Crippen LogP contribution in [0.5, 0.6) is 5.75 Å². The summed E-state index contributed by atoms with van der Waals surface area (Å²) < 4.78 is 5.35. The number of H-pyrrole nitrogens is 1. The second-order valence-corrected chi connectivity index (χ2v) is 8.42. The summed E-state index contributed by atoms with van der Waals surface area (Å²) >= 11 is 7.38. The number of methoxy groups -OCH3 is 1. The Balaban J connectivity index is 1.58. The highest BCUT2D eigenvalue weighted by Gasteiger charge is 2.28. The lowest BCUT2D eigenvalue weighted by atomic mass is 9.78. The van der Waals surface area contributed by atoms with Crippen molar-refractivity contribution >= 4 is 29.3 Å². The summed E-state index contributed by atoms with van der Waals surface area (Å²) in [5.74, 6) is 2.70. The van der Waals surface area contributed by atoms with Crippen LogP contribution in [-0.2, 0) is 4.79 Å². The molecule has 1 aromatic carbocycles. The molecule has 2 aromatic rings. The molecule has 3 rings (SSSR count). The monoisotopic (exact) mass is 408 g/mol. The molecular weight excluding hydrogens is 384 g/mol. The van der Waals surface area contributed by atoms with Gasteiger partial charge in [-0.2, -0.15) is 0 Å². The molecule has 6 nitrogen and oxygen atoms in total. The molecule has 0 aliphatic heterocycles. The number of halogens is 1. The number of rotatable bonds is 6. The van der Waals surface area contributed by atoms with Crippen LogP contribution in [0.15, 0.2) is 23.4 Å². The number of thioether (sulfide) groups is 1. The number of aromatic amines is 1. The van der Waals surface area contributed by atoms with E-state index in [0.29, 0.717) is 39.3 Å². The first-order valence-corrected chi connectivity index (χ1v) is 10.5. The van der Waals surface area contributed by atoms with E-state index in [1.165, 1.54) is 24.6 Å². The van der Waals surface area contributed by atoms with Crippen LogP contribution in [0.4, 0.5) is 0 Å². The molecule has 0 radical (unpaired) electrons. The van der Waals surface area contributed by atoms with E-state index in [9.17, 15) is 4.79 Å². The Morgan fingerprint density at radius 2 is 2.22 bits per heavy atom. The first-order chi connectivity index (χ1) is 13.0. The van der Waals surface area contributed by atoms with Gasteiger partial charge in [-0.1, -0.05) is 50.1 Å². The number of nitrogens with one attached hydrogen (secondary N) is 2. The summed E-state index contributed by atoms with van der Waals surface area (Å²) in [5, 5.41) is 11.4. The van der Waals surface area contributed by atoms with Crippen LogP contribution in [0.2, 0.25) is 5.02 Å². The van der Waals surface area contributed by atoms with Crippen molar-refractivity contribution in [1.82, 2.24) is 20.5 Å². The second-order valence-electron chi connectivity index (χ2n) is 7.04. The zero-order valence-corrected chi connectivity index (χ0v) is 17.4. The molecule has 1 saturated carbocycles. The molecule has 1 fully saturated rings. The van der Waals surface area contributed by atoms with Gasteiger partial charge in [-0.15, -0.1) is 5.10 Å². The molecule has 27 heavy (non-hydrogen) atoms. The fourth-order valence-corrected chi connectivity index (χ4v) is 4.24. The van der Waals surface area contributed by atoms with Gasteiger partial charge < -0.3 is 10.1 Å². The Kier molecular flexibility index (Phi) is 6.65. The lowest BCUT2D eigenvalue weighted by Crippen LogP contribution is -2.44. The topological polar surface area (TPSA) is 79.9 Å². The summed E-state index contributed by atoms with van der Waals surface area (Å²) in [4.78, 5) is 16.8. The number of ether oxygens (including phenoxy) is 1. The minimum absolute atomic E-state index is 0.0256. The van der Waals surface area contributed by atoms with Gasteiger partial charge in [-0.3, -0.25) is 9.89 Å². The maximum atomic E-state index is 12.3. The zero-order valence-electron chi connectivity index (χ0n) is 15.8. The Morgan fingerprint density at radius 1 is 1.41 bits per heavy atom. The van der Waals surface area contributed by atoms with Crippen molar-refractivity contribution in [3.63, 3.8) is 0 Å². The van der Waals surface area contributed by atoms with E-state index in [1.54, 1.807) is 25.3 Å². The van der Waals surface area contributed by atoms with Gasteiger partial charge in [-0.25, -0.2) is 4.98 Å². The van der Waals surface area contributed by atoms with Gasteiger partial charge in [0.1, 0.15) is 5.75 Å². The van der Waals surface area contributed by atoms with Crippen LogP contribution >= 0.6 is 23.4 Å². The number of hydrogen-bond acceptors (Lipinski definition) is 5. The van der Waals surface area contributed by atoms with Gasteiger partial charge in [0.2, 0.25) is 11.1 Å². The fourth-order valence-electron chi connectivity index (χ4n) is 3.46. The van der Waals surface area contributed by atoms with E-state index in [2.05, 4.69) is 34.3 Å². The lowest BCUT2D eigenvalue weighted by molar-refractivity contribution is -0.120. The standard InChI is InChI=1S/C19H25ClN4O2S/c1-11-5-4-6-15(12(11)2)21-17(25)10-27-19-22-18(23-24-19)14-9-13(20)7-8-16(14)26-3/h7-9,11-12,15H,4-6,10H2,1-3H3,(H,21,25)(H,22,23,24)/t11-,12-,15+/m0/s1. The van der Waals surface area contributed by atoms with Crippen LogP contribution in [-0.4, -0.2) is 40.0 Å². The van der Waals surface area contributed by atoms with E-state index in [-0.39, 0.29) is 11.9 Å². The Bertz CT molecular complexity index is 798. The predicted molar refractivity (Wildman–Crippen MR) is 108 cm³/mol. The van der Waals surface area contributed by atoms with Crippen LogP contribution in [0, 0.1) is 11.8 Å². The zero-order chi connectivity index (χ0) is 19.4. The highest BCUT2D eigenvalue weighted by atomic mass is 35.5.